The molecule has 2 aliphatic heterocycles. The van der Waals surface area contributed by atoms with Crippen molar-refractivity contribution in [1.29, 1.82) is 0 Å². The normalized spacial score (nSPS) is 23.7. The molecule has 142 valence electrons. The molecule has 6 nitrogen and oxygen atoms in total. The number of ether oxygens (including phenoxy) is 2. The lowest BCUT2D eigenvalue weighted by molar-refractivity contribution is 0.110. The maximum atomic E-state index is 12.9. The lowest BCUT2D eigenvalue weighted by Gasteiger charge is -2.23. The average molecular weight is 391 g/mol. The van der Waals surface area contributed by atoms with E-state index in [9.17, 15) is 8.42 Å². The zero-order valence-electron chi connectivity index (χ0n) is 14.5. The van der Waals surface area contributed by atoms with E-state index in [1.165, 1.54) is 0 Å². The van der Waals surface area contributed by atoms with Crippen LogP contribution in [0.5, 0.6) is 5.75 Å². The first-order valence-corrected chi connectivity index (χ1v) is 10.1. The summed E-state index contributed by atoms with van der Waals surface area (Å²) in [5, 5.41) is 3.51. The molecule has 0 radical (unpaired) electrons. The van der Waals surface area contributed by atoms with E-state index in [1.807, 2.05) is 6.92 Å². The van der Waals surface area contributed by atoms with Crippen molar-refractivity contribution >= 4 is 22.4 Å². The lowest BCUT2D eigenvalue weighted by Crippen LogP contribution is -2.39. The monoisotopic (exact) mass is 390 g/mol. The molecule has 2 unspecified atom stereocenters. The molecule has 1 N–H and O–H groups in total. The van der Waals surface area contributed by atoms with Gasteiger partial charge in [0, 0.05) is 31.8 Å². The predicted molar refractivity (Wildman–Crippen MR) is 99.0 cm³/mol. The topological polar surface area (TPSA) is 67.9 Å². The summed E-state index contributed by atoms with van der Waals surface area (Å²) in [7, 11) is -3.44. The number of hydrogen-bond acceptors (Lipinski definition) is 5. The molecule has 2 heterocycles. The van der Waals surface area contributed by atoms with Gasteiger partial charge < -0.3 is 14.8 Å². The summed E-state index contributed by atoms with van der Waals surface area (Å²) in [6.45, 7) is 4.73. The second-order valence-electron chi connectivity index (χ2n) is 6.31. The van der Waals surface area contributed by atoms with Crippen molar-refractivity contribution in [1.82, 2.24) is 9.62 Å². The highest BCUT2D eigenvalue weighted by Gasteiger charge is 2.34. The standard InChI is InChI=1S/C17H26N2O4S.ClH/c1-2-22-11-12-23-16-5-7-17(8-6-16)24(20,21)19-10-9-14-3-4-15(13-19)18-14;/h5-8,14-15,18H,2-4,9-13H2,1H3;1H. The molecule has 0 aromatic heterocycles. The maximum Gasteiger partial charge on any atom is 0.243 e. The molecular weight excluding hydrogens is 364 g/mol. The SMILES string of the molecule is CCOCCOc1ccc(S(=O)(=O)N2CCC3CCC(C2)N3)cc1.Cl. The third kappa shape index (κ3) is 5.08. The Morgan fingerprint density at radius 2 is 1.84 bits per heavy atom. The molecule has 0 saturated carbocycles. The van der Waals surface area contributed by atoms with Crippen LogP contribution in [-0.4, -0.2) is 57.7 Å². The van der Waals surface area contributed by atoms with Gasteiger partial charge in [-0.05, 0) is 50.5 Å². The van der Waals surface area contributed by atoms with E-state index in [1.54, 1.807) is 28.6 Å². The third-order valence-corrected chi connectivity index (χ3v) is 6.53. The van der Waals surface area contributed by atoms with Gasteiger partial charge in [-0.3, -0.25) is 0 Å². The molecule has 1 aromatic rings. The summed E-state index contributed by atoms with van der Waals surface area (Å²) in [6, 6.07) is 7.43. The Hall–Kier alpha value is -0.860. The average Bonchev–Trinajstić information content (AvgIpc) is 2.90. The molecule has 0 amide bonds. The highest BCUT2D eigenvalue weighted by molar-refractivity contribution is 7.89. The van der Waals surface area contributed by atoms with Gasteiger partial charge in [0.05, 0.1) is 11.5 Å². The summed E-state index contributed by atoms with van der Waals surface area (Å²) in [4.78, 5) is 0.331. The van der Waals surface area contributed by atoms with Crippen LogP contribution in [0.25, 0.3) is 0 Å². The Kier molecular flexibility index (Phi) is 7.51. The van der Waals surface area contributed by atoms with Crippen LogP contribution < -0.4 is 10.1 Å². The van der Waals surface area contributed by atoms with Gasteiger partial charge in [-0.2, -0.15) is 4.31 Å². The van der Waals surface area contributed by atoms with Crippen LogP contribution in [0.3, 0.4) is 0 Å². The van der Waals surface area contributed by atoms with E-state index >= 15 is 0 Å². The number of halogens is 1. The largest absolute Gasteiger partial charge is 0.491 e. The number of nitrogens with zero attached hydrogens (tertiary/aromatic N) is 1. The highest BCUT2D eigenvalue weighted by atomic mass is 35.5. The number of fused-ring (bicyclic) bond motifs is 2. The van der Waals surface area contributed by atoms with Gasteiger partial charge in [0.2, 0.25) is 10.0 Å². The molecule has 2 fully saturated rings. The minimum absolute atomic E-state index is 0. The molecule has 2 saturated heterocycles. The number of rotatable bonds is 7. The molecular formula is C17H27ClN2O4S. The number of hydrogen-bond donors (Lipinski definition) is 1. The minimum Gasteiger partial charge on any atom is -0.491 e. The van der Waals surface area contributed by atoms with Crippen LogP contribution in [0.4, 0.5) is 0 Å². The van der Waals surface area contributed by atoms with E-state index in [4.69, 9.17) is 9.47 Å². The predicted octanol–water partition coefficient (Wildman–Crippen LogP) is 2.04. The fraction of sp³-hybridized carbons (Fsp3) is 0.647. The molecule has 2 atom stereocenters. The Morgan fingerprint density at radius 3 is 2.56 bits per heavy atom. The van der Waals surface area contributed by atoms with Crippen molar-refractivity contribution in [3.8, 4) is 5.75 Å². The molecule has 0 aliphatic carbocycles. The van der Waals surface area contributed by atoms with Gasteiger partial charge in [-0.1, -0.05) is 0 Å². The van der Waals surface area contributed by atoms with Crippen LogP contribution in [0.1, 0.15) is 26.2 Å². The van der Waals surface area contributed by atoms with E-state index < -0.39 is 10.0 Å². The quantitative estimate of drug-likeness (QED) is 0.721. The number of nitrogens with one attached hydrogen (secondary N) is 1. The van der Waals surface area contributed by atoms with Crippen LogP contribution in [0.2, 0.25) is 0 Å². The third-order valence-electron chi connectivity index (χ3n) is 4.65. The number of benzene rings is 1. The van der Waals surface area contributed by atoms with Gasteiger partial charge in [0.1, 0.15) is 12.4 Å². The summed E-state index contributed by atoms with van der Waals surface area (Å²) in [5.74, 6) is 0.658. The number of sulfonamides is 1. The highest BCUT2D eigenvalue weighted by Crippen LogP contribution is 2.26. The van der Waals surface area contributed by atoms with Crippen molar-refractivity contribution in [2.45, 2.75) is 43.2 Å². The van der Waals surface area contributed by atoms with Gasteiger partial charge >= 0.3 is 0 Å². The molecule has 8 heteroatoms. The Bertz CT molecular complexity index is 639. The second-order valence-corrected chi connectivity index (χ2v) is 8.24. The van der Waals surface area contributed by atoms with E-state index in [0.29, 0.717) is 49.6 Å². The van der Waals surface area contributed by atoms with Gasteiger partial charge in [0.25, 0.3) is 0 Å². The van der Waals surface area contributed by atoms with Crippen molar-refractivity contribution in [3.63, 3.8) is 0 Å². The van der Waals surface area contributed by atoms with Crippen molar-refractivity contribution in [2.75, 3.05) is 32.9 Å². The zero-order valence-corrected chi connectivity index (χ0v) is 16.2. The summed E-state index contributed by atoms with van der Waals surface area (Å²) < 4.78 is 38.1. The van der Waals surface area contributed by atoms with Crippen molar-refractivity contribution < 1.29 is 17.9 Å². The first-order valence-electron chi connectivity index (χ1n) is 8.66. The van der Waals surface area contributed by atoms with Crippen molar-refractivity contribution in [2.24, 2.45) is 0 Å². The molecule has 2 bridgehead atoms. The van der Waals surface area contributed by atoms with Gasteiger partial charge in [0.15, 0.2) is 0 Å². The first kappa shape index (κ1) is 20.5. The minimum atomic E-state index is -3.44. The second kappa shape index (κ2) is 9.19. The molecule has 1 aromatic carbocycles. The Morgan fingerprint density at radius 1 is 1.12 bits per heavy atom. The van der Waals surface area contributed by atoms with E-state index in [2.05, 4.69) is 5.32 Å². The summed E-state index contributed by atoms with van der Waals surface area (Å²) in [5.41, 5.74) is 0. The summed E-state index contributed by atoms with van der Waals surface area (Å²) >= 11 is 0. The Labute approximate surface area is 156 Å². The lowest BCUT2D eigenvalue weighted by atomic mass is 10.1. The first-order chi connectivity index (χ1) is 11.6. The van der Waals surface area contributed by atoms with Crippen LogP contribution in [0.15, 0.2) is 29.2 Å². The summed E-state index contributed by atoms with van der Waals surface area (Å²) in [6.07, 6.45) is 3.10. The van der Waals surface area contributed by atoms with E-state index in [0.717, 1.165) is 19.3 Å². The fourth-order valence-corrected chi connectivity index (χ4v) is 4.85. The van der Waals surface area contributed by atoms with Crippen molar-refractivity contribution in [3.05, 3.63) is 24.3 Å². The maximum absolute atomic E-state index is 12.9. The van der Waals surface area contributed by atoms with E-state index in [-0.39, 0.29) is 18.4 Å². The molecule has 2 aliphatic rings. The zero-order chi connectivity index (χ0) is 17.0. The fourth-order valence-electron chi connectivity index (χ4n) is 3.35. The van der Waals surface area contributed by atoms with Gasteiger partial charge in [-0.25, -0.2) is 8.42 Å². The smallest absolute Gasteiger partial charge is 0.243 e. The Balaban J connectivity index is 0.00000225. The van der Waals surface area contributed by atoms with Crippen LogP contribution >= 0.6 is 12.4 Å². The molecule has 0 spiro atoms. The molecule has 25 heavy (non-hydrogen) atoms. The van der Waals surface area contributed by atoms with Gasteiger partial charge in [-0.15, -0.1) is 12.4 Å². The molecule has 3 rings (SSSR count). The van der Waals surface area contributed by atoms with Crippen LogP contribution in [-0.2, 0) is 14.8 Å². The van der Waals surface area contributed by atoms with Crippen LogP contribution in [0, 0.1) is 0 Å².